The van der Waals surface area contributed by atoms with Crippen LogP contribution in [-0.2, 0) is 14.2 Å². The molecule has 9 atom stereocenters. The van der Waals surface area contributed by atoms with Gasteiger partial charge in [0.2, 0.25) is 0 Å². The van der Waals surface area contributed by atoms with Crippen molar-refractivity contribution < 1.29 is 14.2 Å². The second-order valence-electron chi connectivity index (χ2n) is 22.9. The van der Waals surface area contributed by atoms with Crippen LogP contribution < -0.4 is 0 Å². The average Bonchev–Trinajstić information content (AvgIpc) is 3.93. The number of likely N-dealkylation sites (tertiary alicyclic amines) is 1. The molecule has 0 spiro atoms. The molecule has 0 aromatic carbocycles. The molecule has 0 amide bonds. The summed E-state index contributed by atoms with van der Waals surface area (Å²) in [5.74, 6) is 5.49. The second kappa shape index (κ2) is 29.2. The minimum atomic E-state index is 0.425. The van der Waals surface area contributed by atoms with E-state index in [-0.39, 0.29) is 0 Å². The number of ether oxygens (including phenoxy) is 3. The minimum absolute atomic E-state index is 0.425. The van der Waals surface area contributed by atoms with Gasteiger partial charge in [-0.1, -0.05) is 155 Å². The first-order valence-electron chi connectivity index (χ1n) is 28.1. The maximum atomic E-state index is 6.62. The maximum absolute atomic E-state index is 6.62. The molecule has 62 heavy (non-hydrogen) atoms. The van der Waals surface area contributed by atoms with Gasteiger partial charge in [0.25, 0.3) is 0 Å². The fraction of sp³-hybridized carbons (Fsp3) is 0.931. The van der Waals surface area contributed by atoms with Gasteiger partial charge in [0.05, 0.1) is 25.4 Å². The van der Waals surface area contributed by atoms with E-state index in [9.17, 15) is 0 Å². The van der Waals surface area contributed by atoms with E-state index in [1.807, 2.05) is 0 Å². The Morgan fingerprint density at radius 1 is 0.661 bits per heavy atom. The molecule has 3 saturated carbocycles. The van der Waals surface area contributed by atoms with E-state index in [0.29, 0.717) is 23.0 Å². The highest BCUT2D eigenvalue weighted by molar-refractivity contribution is 5.25. The molecule has 4 heteroatoms. The largest absolute Gasteiger partial charge is 0.380 e. The number of unbranched alkanes of at least 4 members (excludes halogenated alkanes) is 15. The highest BCUT2D eigenvalue weighted by Crippen LogP contribution is 2.67. The first-order valence-corrected chi connectivity index (χ1v) is 28.1. The molecule has 1 aliphatic heterocycles. The van der Waals surface area contributed by atoms with Crippen molar-refractivity contribution >= 4 is 0 Å². The number of hydrogen-bond donors (Lipinski definition) is 0. The fourth-order valence-electron chi connectivity index (χ4n) is 14.0. The molecule has 0 aromatic rings. The Balaban J connectivity index is 0.863. The minimum Gasteiger partial charge on any atom is -0.380 e. The molecule has 0 N–H and O–H groups in total. The molecule has 1 saturated heterocycles. The lowest BCUT2D eigenvalue weighted by Crippen LogP contribution is -2.51. The molecule has 0 aromatic heterocycles. The first kappa shape index (κ1) is 52.3. The standard InChI is InChI=1S/C58H105NO3/c1-7-8-9-10-11-12-13-14-15-16-17-18-19-20-21-26-42-60-46-51(59-40-24-25-41-59)47-61-43-27-22-23-28-44-62-52-36-38-57(5)50(45-52)32-33-53-55-35-34-54(49(4)31-29-30-48(2)3)58(55,6)39-37-56(53)57/h14-15,32,48-49,51-56H,7-13,16-31,33-47H2,1-6H3/b15-14-/t49-,51-,52?,53+,54-,55?,56?,57+,58-/m1/s1. The Kier molecular flexibility index (Phi) is 24.6. The van der Waals surface area contributed by atoms with Crippen LogP contribution in [0.25, 0.3) is 0 Å². The van der Waals surface area contributed by atoms with Crippen molar-refractivity contribution in [2.45, 2.75) is 253 Å². The van der Waals surface area contributed by atoms with E-state index in [1.54, 1.807) is 5.57 Å². The fourth-order valence-corrected chi connectivity index (χ4v) is 14.0. The summed E-state index contributed by atoms with van der Waals surface area (Å²) in [5.41, 5.74) is 2.79. The number of nitrogens with zero attached hydrogens (tertiary/aromatic N) is 1. The lowest BCUT2D eigenvalue weighted by molar-refractivity contribution is -0.0641. The Bertz CT molecular complexity index is 1220. The third-order valence-corrected chi connectivity index (χ3v) is 17.9. The monoisotopic (exact) mass is 864 g/mol. The summed E-state index contributed by atoms with van der Waals surface area (Å²) in [7, 11) is 0. The van der Waals surface area contributed by atoms with Crippen LogP contribution in [0.3, 0.4) is 0 Å². The number of allylic oxidation sites excluding steroid dienone is 3. The van der Waals surface area contributed by atoms with E-state index in [0.717, 1.165) is 75.0 Å². The van der Waals surface area contributed by atoms with Gasteiger partial charge in [-0.2, -0.15) is 0 Å². The number of hydrogen-bond acceptors (Lipinski definition) is 4. The van der Waals surface area contributed by atoms with Crippen molar-refractivity contribution in [3.05, 3.63) is 23.8 Å². The molecule has 5 rings (SSSR count). The van der Waals surface area contributed by atoms with Crippen molar-refractivity contribution in [3.8, 4) is 0 Å². The molecule has 1 heterocycles. The molecule has 360 valence electrons. The van der Waals surface area contributed by atoms with Crippen molar-refractivity contribution in [2.75, 3.05) is 46.1 Å². The predicted molar refractivity (Wildman–Crippen MR) is 267 cm³/mol. The van der Waals surface area contributed by atoms with E-state index >= 15 is 0 Å². The summed E-state index contributed by atoms with van der Waals surface area (Å²) < 4.78 is 19.2. The van der Waals surface area contributed by atoms with Crippen LogP contribution in [0.2, 0.25) is 0 Å². The summed E-state index contributed by atoms with van der Waals surface area (Å²) in [6, 6.07) is 0.425. The Labute approximate surface area is 386 Å². The van der Waals surface area contributed by atoms with E-state index in [4.69, 9.17) is 14.2 Å². The van der Waals surface area contributed by atoms with Crippen molar-refractivity contribution in [1.29, 1.82) is 0 Å². The van der Waals surface area contributed by atoms with Gasteiger partial charge in [-0.3, -0.25) is 4.90 Å². The zero-order chi connectivity index (χ0) is 43.9. The summed E-state index contributed by atoms with van der Waals surface area (Å²) in [4.78, 5) is 2.63. The van der Waals surface area contributed by atoms with E-state index in [1.165, 1.54) is 206 Å². The first-order chi connectivity index (χ1) is 30.3. The zero-order valence-corrected chi connectivity index (χ0v) is 42.4. The van der Waals surface area contributed by atoms with Crippen LogP contribution >= 0.6 is 0 Å². The molecular weight excluding hydrogens is 759 g/mol. The van der Waals surface area contributed by atoms with Gasteiger partial charge in [-0.15, -0.1) is 0 Å². The Hall–Kier alpha value is -0.680. The van der Waals surface area contributed by atoms with Gasteiger partial charge < -0.3 is 14.2 Å². The van der Waals surface area contributed by atoms with Crippen LogP contribution in [0.1, 0.15) is 241 Å². The maximum Gasteiger partial charge on any atom is 0.0644 e. The van der Waals surface area contributed by atoms with Crippen molar-refractivity contribution in [1.82, 2.24) is 4.90 Å². The van der Waals surface area contributed by atoms with Crippen molar-refractivity contribution in [3.63, 3.8) is 0 Å². The van der Waals surface area contributed by atoms with Crippen molar-refractivity contribution in [2.24, 2.45) is 46.3 Å². The molecule has 4 nitrogen and oxygen atoms in total. The number of rotatable bonds is 34. The van der Waals surface area contributed by atoms with Gasteiger partial charge in [0.1, 0.15) is 0 Å². The Morgan fingerprint density at radius 3 is 1.92 bits per heavy atom. The van der Waals surface area contributed by atoms with Crippen LogP contribution in [0.5, 0.6) is 0 Å². The lowest BCUT2D eigenvalue weighted by Gasteiger charge is -2.58. The number of fused-ring (bicyclic) bond motifs is 5. The molecular formula is C58H105NO3. The third kappa shape index (κ3) is 16.6. The van der Waals surface area contributed by atoms with Gasteiger partial charge in [0, 0.05) is 19.8 Å². The van der Waals surface area contributed by atoms with Gasteiger partial charge >= 0.3 is 0 Å². The van der Waals surface area contributed by atoms with Crippen LogP contribution in [0.4, 0.5) is 0 Å². The average molecular weight is 864 g/mol. The molecule has 0 radical (unpaired) electrons. The smallest absolute Gasteiger partial charge is 0.0644 e. The summed E-state index contributed by atoms with van der Waals surface area (Å²) in [6.07, 6.45) is 49.9. The van der Waals surface area contributed by atoms with E-state index < -0.39 is 0 Å². The molecule has 3 unspecified atom stereocenters. The summed E-state index contributed by atoms with van der Waals surface area (Å²) in [5, 5.41) is 0. The molecule has 4 fully saturated rings. The Morgan fingerprint density at radius 2 is 1.27 bits per heavy atom. The summed E-state index contributed by atoms with van der Waals surface area (Å²) in [6.45, 7) is 21.9. The van der Waals surface area contributed by atoms with Gasteiger partial charge in [-0.05, 0) is 169 Å². The van der Waals surface area contributed by atoms with Crippen LogP contribution in [0, 0.1) is 46.3 Å². The SMILES string of the molecule is CCCCCCCC/C=C\CCCCCCCCOC[C@H](COCCCCCCOC1CC[C@@]2(C)C(=CC[C@@H]3C2CC[C@@]2(C)C3CC[C@@H]2[C@H](C)CCCC(C)C)C1)N1CCCC1. The topological polar surface area (TPSA) is 30.9 Å². The molecule has 0 bridgehead atoms. The second-order valence-corrected chi connectivity index (χ2v) is 22.9. The van der Waals surface area contributed by atoms with Crippen LogP contribution in [0.15, 0.2) is 23.8 Å². The summed E-state index contributed by atoms with van der Waals surface area (Å²) >= 11 is 0. The molecule has 5 aliphatic rings. The lowest BCUT2D eigenvalue weighted by atomic mass is 9.47. The van der Waals surface area contributed by atoms with Crippen LogP contribution in [-0.4, -0.2) is 63.2 Å². The van der Waals surface area contributed by atoms with Gasteiger partial charge in [-0.25, -0.2) is 0 Å². The highest BCUT2D eigenvalue weighted by Gasteiger charge is 2.59. The predicted octanol–water partition coefficient (Wildman–Crippen LogP) is 16.5. The molecule has 4 aliphatic carbocycles. The third-order valence-electron chi connectivity index (χ3n) is 17.9. The quantitative estimate of drug-likeness (QED) is 0.0476. The zero-order valence-electron chi connectivity index (χ0n) is 42.4. The van der Waals surface area contributed by atoms with E-state index in [2.05, 4.69) is 64.7 Å². The van der Waals surface area contributed by atoms with Gasteiger partial charge in [0.15, 0.2) is 0 Å². The normalized spacial score (nSPS) is 29.9. The highest BCUT2D eigenvalue weighted by atomic mass is 16.5.